The highest BCUT2D eigenvalue weighted by Gasteiger charge is 2.19. The number of hydrogen-bond donors (Lipinski definition) is 4. The molecule has 116 valence electrons. The van der Waals surface area contributed by atoms with E-state index in [1.165, 1.54) is 0 Å². The first-order valence-electron chi connectivity index (χ1n) is 7.17. The van der Waals surface area contributed by atoms with Gasteiger partial charge in [-0.3, -0.25) is 15.0 Å². The molecular weight excluding hydrogens is 292 g/mol. The highest BCUT2D eigenvalue weighted by Crippen LogP contribution is 2.21. The number of nitrogens with one attached hydrogen (secondary N) is 3. The third-order valence-electron chi connectivity index (χ3n) is 3.69. The third-order valence-corrected chi connectivity index (χ3v) is 3.69. The van der Waals surface area contributed by atoms with Crippen LogP contribution in [0.25, 0.3) is 0 Å². The molecule has 23 heavy (non-hydrogen) atoms. The predicted octanol–water partition coefficient (Wildman–Crippen LogP) is 1.24. The summed E-state index contributed by atoms with van der Waals surface area (Å²) in [5, 5.41) is 12.7. The Morgan fingerprint density at radius 1 is 1.09 bits per heavy atom. The van der Waals surface area contributed by atoms with Gasteiger partial charge in [0.1, 0.15) is 5.84 Å². The third kappa shape index (κ3) is 3.21. The maximum absolute atomic E-state index is 12.0. The standard InChI is InChI=1S/C17H16N4O2/c18-16(19)12-4-1-10(2-5-12)7-11-3-6-14-13(8-11)17(23)20-9-15(22)21-14/h1-6,8H,7,9H2,(H3,18,19)(H,20,23)(H,21,22). The van der Waals surface area contributed by atoms with Gasteiger partial charge < -0.3 is 16.4 Å². The molecule has 6 nitrogen and oxygen atoms in total. The zero-order chi connectivity index (χ0) is 16.4. The van der Waals surface area contributed by atoms with E-state index in [9.17, 15) is 9.59 Å². The van der Waals surface area contributed by atoms with E-state index < -0.39 is 0 Å². The van der Waals surface area contributed by atoms with Gasteiger partial charge in [0, 0.05) is 5.56 Å². The lowest BCUT2D eigenvalue weighted by Gasteiger charge is -2.09. The minimum absolute atomic E-state index is 0.0185. The molecule has 5 N–H and O–H groups in total. The van der Waals surface area contributed by atoms with E-state index in [-0.39, 0.29) is 24.2 Å². The molecule has 0 aliphatic carbocycles. The van der Waals surface area contributed by atoms with Gasteiger partial charge in [-0.2, -0.15) is 0 Å². The summed E-state index contributed by atoms with van der Waals surface area (Å²) >= 11 is 0. The Morgan fingerprint density at radius 2 is 1.78 bits per heavy atom. The summed E-state index contributed by atoms with van der Waals surface area (Å²) in [6.45, 7) is -0.0185. The lowest BCUT2D eigenvalue weighted by molar-refractivity contribution is -0.115. The fraction of sp³-hybridized carbons (Fsp3) is 0.118. The molecule has 6 heteroatoms. The molecule has 1 aliphatic rings. The largest absolute Gasteiger partial charge is 0.384 e. The fourth-order valence-corrected chi connectivity index (χ4v) is 2.49. The van der Waals surface area contributed by atoms with Crippen molar-refractivity contribution >= 4 is 23.3 Å². The Kier molecular flexibility index (Phi) is 3.80. The van der Waals surface area contributed by atoms with Gasteiger partial charge >= 0.3 is 0 Å². The minimum atomic E-state index is -0.257. The SMILES string of the molecule is N=C(N)c1ccc(Cc2ccc3c(c2)C(=O)NCC(=O)N3)cc1. The number of nitrogens with two attached hydrogens (primary N) is 1. The van der Waals surface area contributed by atoms with Gasteiger partial charge in [-0.1, -0.05) is 30.3 Å². The maximum atomic E-state index is 12.0. The van der Waals surface area contributed by atoms with Crippen LogP contribution in [-0.4, -0.2) is 24.2 Å². The maximum Gasteiger partial charge on any atom is 0.253 e. The molecule has 1 aliphatic heterocycles. The molecule has 0 unspecified atom stereocenters. The second kappa shape index (κ2) is 5.92. The molecule has 0 atom stereocenters. The normalized spacial score (nSPS) is 13.6. The fourth-order valence-electron chi connectivity index (χ4n) is 2.49. The van der Waals surface area contributed by atoms with Crippen molar-refractivity contribution in [3.05, 3.63) is 64.7 Å². The summed E-state index contributed by atoms with van der Waals surface area (Å²) < 4.78 is 0. The number of rotatable bonds is 3. The topological polar surface area (TPSA) is 108 Å². The van der Waals surface area contributed by atoms with Crippen molar-refractivity contribution in [3.8, 4) is 0 Å². The molecule has 0 aromatic heterocycles. The molecule has 0 saturated heterocycles. The number of fused-ring (bicyclic) bond motifs is 1. The lowest BCUT2D eigenvalue weighted by atomic mass is 10.0. The van der Waals surface area contributed by atoms with Gasteiger partial charge in [-0.25, -0.2) is 0 Å². The molecule has 0 fully saturated rings. The molecule has 0 radical (unpaired) electrons. The zero-order valence-electron chi connectivity index (χ0n) is 12.3. The summed E-state index contributed by atoms with van der Waals surface area (Å²) in [6, 6.07) is 12.8. The average molecular weight is 308 g/mol. The van der Waals surface area contributed by atoms with Gasteiger partial charge in [-0.15, -0.1) is 0 Å². The monoisotopic (exact) mass is 308 g/mol. The number of carbonyl (C=O) groups is 2. The van der Waals surface area contributed by atoms with Crippen LogP contribution in [0.3, 0.4) is 0 Å². The Balaban J connectivity index is 1.85. The molecule has 1 heterocycles. The Hall–Kier alpha value is -3.15. The summed E-state index contributed by atoms with van der Waals surface area (Å²) in [5.74, 6) is -0.453. The number of amidine groups is 1. The molecule has 0 spiro atoms. The van der Waals surface area contributed by atoms with E-state index in [1.807, 2.05) is 18.2 Å². The summed E-state index contributed by atoms with van der Waals surface area (Å²) in [4.78, 5) is 23.5. The summed E-state index contributed by atoms with van der Waals surface area (Å²) in [5.41, 5.74) is 9.12. The van der Waals surface area contributed by atoms with Crippen molar-refractivity contribution in [2.45, 2.75) is 6.42 Å². The Bertz CT molecular complexity index is 797. The van der Waals surface area contributed by atoms with Crippen LogP contribution in [0.4, 0.5) is 5.69 Å². The van der Waals surface area contributed by atoms with Crippen molar-refractivity contribution in [1.82, 2.24) is 5.32 Å². The van der Waals surface area contributed by atoms with E-state index in [0.717, 1.165) is 11.1 Å². The highest BCUT2D eigenvalue weighted by molar-refractivity contribution is 6.08. The Labute approximate surface area is 133 Å². The van der Waals surface area contributed by atoms with Gasteiger partial charge in [-0.05, 0) is 29.7 Å². The number of anilines is 1. The van der Waals surface area contributed by atoms with Crippen LogP contribution in [-0.2, 0) is 11.2 Å². The van der Waals surface area contributed by atoms with E-state index in [4.69, 9.17) is 11.1 Å². The predicted molar refractivity (Wildman–Crippen MR) is 87.7 cm³/mol. The van der Waals surface area contributed by atoms with Gasteiger partial charge in [0.2, 0.25) is 5.91 Å². The molecular formula is C17H16N4O2. The smallest absolute Gasteiger partial charge is 0.253 e. The van der Waals surface area contributed by atoms with E-state index in [1.54, 1.807) is 24.3 Å². The van der Waals surface area contributed by atoms with Crippen LogP contribution in [0.15, 0.2) is 42.5 Å². The number of benzene rings is 2. The molecule has 0 saturated carbocycles. The van der Waals surface area contributed by atoms with Gasteiger partial charge in [0.25, 0.3) is 5.91 Å². The zero-order valence-corrected chi connectivity index (χ0v) is 12.3. The first-order chi connectivity index (χ1) is 11.0. The molecule has 3 rings (SSSR count). The van der Waals surface area contributed by atoms with Crippen molar-refractivity contribution in [1.29, 1.82) is 5.41 Å². The van der Waals surface area contributed by atoms with Crippen molar-refractivity contribution in [3.63, 3.8) is 0 Å². The average Bonchev–Trinajstić information content (AvgIpc) is 2.67. The van der Waals surface area contributed by atoms with Crippen LogP contribution in [0.5, 0.6) is 0 Å². The van der Waals surface area contributed by atoms with Crippen LogP contribution in [0.1, 0.15) is 27.0 Å². The van der Waals surface area contributed by atoms with Gasteiger partial charge in [0.15, 0.2) is 0 Å². The van der Waals surface area contributed by atoms with E-state index in [2.05, 4.69) is 10.6 Å². The number of hydrogen-bond acceptors (Lipinski definition) is 3. The second-order valence-electron chi connectivity index (χ2n) is 5.40. The molecule has 2 amide bonds. The first-order valence-corrected chi connectivity index (χ1v) is 7.17. The minimum Gasteiger partial charge on any atom is -0.384 e. The number of carbonyl (C=O) groups excluding carboxylic acids is 2. The van der Waals surface area contributed by atoms with Crippen molar-refractivity contribution in [2.24, 2.45) is 5.73 Å². The highest BCUT2D eigenvalue weighted by atomic mass is 16.2. The van der Waals surface area contributed by atoms with E-state index in [0.29, 0.717) is 23.2 Å². The number of amides is 2. The molecule has 2 aromatic rings. The number of nitrogen functional groups attached to an aromatic ring is 1. The van der Waals surface area contributed by atoms with Crippen LogP contribution in [0, 0.1) is 5.41 Å². The Morgan fingerprint density at radius 3 is 2.48 bits per heavy atom. The summed E-state index contributed by atoms with van der Waals surface area (Å²) in [6.07, 6.45) is 0.646. The van der Waals surface area contributed by atoms with Crippen LogP contribution >= 0.6 is 0 Å². The molecule has 2 aromatic carbocycles. The van der Waals surface area contributed by atoms with E-state index >= 15 is 0 Å². The van der Waals surface area contributed by atoms with Crippen LogP contribution < -0.4 is 16.4 Å². The lowest BCUT2D eigenvalue weighted by Crippen LogP contribution is -2.28. The first kappa shape index (κ1) is 14.8. The van der Waals surface area contributed by atoms with Crippen molar-refractivity contribution in [2.75, 3.05) is 11.9 Å². The quantitative estimate of drug-likeness (QED) is 0.506. The summed E-state index contributed by atoms with van der Waals surface area (Å²) in [7, 11) is 0. The molecule has 0 bridgehead atoms. The second-order valence-corrected chi connectivity index (χ2v) is 5.40. The van der Waals surface area contributed by atoms with Crippen molar-refractivity contribution < 1.29 is 9.59 Å². The van der Waals surface area contributed by atoms with Gasteiger partial charge in [0.05, 0.1) is 17.8 Å². The van der Waals surface area contributed by atoms with Crippen LogP contribution in [0.2, 0.25) is 0 Å².